The summed E-state index contributed by atoms with van der Waals surface area (Å²) < 4.78 is 8.22. The lowest BCUT2D eigenvalue weighted by Gasteiger charge is -2.16. The zero-order valence-electron chi connectivity index (χ0n) is 18.1. The Labute approximate surface area is 192 Å². The van der Waals surface area contributed by atoms with Gasteiger partial charge in [-0.3, -0.25) is 20.2 Å². The fourth-order valence-electron chi connectivity index (χ4n) is 3.83. The fourth-order valence-corrected chi connectivity index (χ4v) is 4.02. The molecule has 0 aliphatic carbocycles. The third kappa shape index (κ3) is 4.43. The molecule has 2 N–H and O–H groups in total. The molecule has 32 heavy (non-hydrogen) atoms. The van der Waals surface area contributed by atoms with Crippen molar-refractivity contribution in [1.82, 2.24) is 15.2 Å². The summed E-state index contributed by atoms with van der Waals surface area (Å²) in [5.74, 6) is 0.339. The summed E-state index contributed by atoms with van der Waals surface area (Å²) >= 11 is 4.87. The van der Waals surface area contributed by atoms with E-state index >= 15 is 0 Å². The Morgan fingerprint density at radius 1 is 1.06 bits per heavy atom. The van der Waals surface area contributed by atoms with E-state index in [9.17, 15) is 9.59 Å². The van der Waals surface area contributed by atoms with Gasteiger partial charge >= 0.3 is 0 Å². The predicted octanol–water partition coefficient (Wildman–Crippen LogP) is 4.15. The van der Waals surface area contributed by atoms with Crippen molar-refractivity contribution < 1.29 is 14.3 Å². The third-order valence-electron chi connectivity index (χ3n) is 5.71. The second-order valence-corrected chi connectivity index (χ2v) is 8.19. The summed E-state index contributed by atoms with van der Waals surface area (Å²) in [6, 6.07) is 16.0. The van der Waals surface area contributed by atoms with Crippen LogP contribution in [0.3, 0.4) is 0 Å². The lowest BCUT2D eigenvalue weighted by Crippen LogP contribution is -2.51. The summed E-state index contributed by atoms with van der Waals surface area (Å²) in [4.78, 5) is 24.5. The number of hydrogen-bond acceptors (Lipinski definition) is 4. The molecule has 0 radical (unpaired) electrons. The Kier molecular flexibility index (Phi) is 6.37. The largest absolute Gasteiger partial charge is 0.491 e. The van der Waals surface area contributed by atoms with Gasteiger partial charge in [0.15, 0.2) is 5.11 Å². The van der Waals surface area contributed by atoms with E-state index in [1.807, 2.05) is 48.7 Å². The molecule has 1 atom stereocenters. The number of carbonyl (C=O) groups is 2. The van der Waals surface area contributed by atoms with Gasteiger partial charge in [-0.1, -0.05) is 50.2 Å². The molecule has 2 aromatic carbocycles. The van der Waals surface area contributed by atoms with Crippen LogP contribution in [0, 0.1) is 0 Å². The molecule has 0 spiro atoms. The van der Waals surface area contributed by atoms with E-state index in [0.29, 0.717) is 19.1 Å². The van der Waals surface area contributed by atoms with Crippen LogP contribution in [0.5, 0.6) is 5.75 Å². The summed E-state index contributed by atoms with van der Waals surface area (Å²) in [6.45, 7) is 5.49. The van der Waals surface area contributed by atoms with Crippen LogP contribution in [-0.2, 0) is 16.1 Å². The van der Waals surface area contributed by atoms with Crippen molar-refractivity contribution in [3.8, 4) is 5.75 Å². The van der Waals surface area contributed by atoms with Gasteiger partial charge in [-0.25, -0.2) is 0 Å². The molecule has 6 nitrogen and oxygen atoms in total. The van der Waals surface area contributed by atoms with Crippen LogP contribution < -0.4 is 15.4 Å². The number of benzene rings is 2. The maximum Gasteiger partial charge on any atom is 0.263 e. The van der Waals surface area contributed by atoms with Gasteiger partial charge in [-0.2, -0.15) is 0 Å². The van der Waals surface area contributed by atoms with Crippen LogP contribution in [0.15, 0.2) is 60.3 Å². The highest BCUT2D eigenvalue weighted by atomic mass is 32.1. The van der Waals surface area contributed by atoms with Gasteiger partial charge in [-0.15, -0.1) is 0 Å². The number of thiocarbonyl (C=S) groups is 1. The van der Waals surface area contributed by atoms with Gasteiger partial charge in [0.2, 0.25) is 0 Å². The van der Waals surface area contributed by atoms with Crippen LogP contribution in [0.4, 0.5) is 0 Å². The average molecular weight is 448 g/mol. The summed E-state index contributed by atoms with van der Waals surface area (Å²) in [5, 5.41) is 5.92. The molecule has 4 rings (SSSR count). The van der Waals surface area contributed by atoms with E-state index in [0.717, 1.165) is 28.6 Å². The highest BCUT2D eigenvalue weighted by molar-refractivity contribution is 7.80. The highest BCUT2D eigenvalue weighted by Crippen LogP contribution is 2.29. The maximum absolute atomic E-state index is 12.2. The van der Waals surface area contributed by atoms with E-state index in [4.69, 9.17) is 17.0 Å². The van der Waals surface area contributed by atoms with E-state index in [2.05, 4.69) is 35.1 Å². The molecule has 1 aliphatic rings. The Morgan fingerprint density at radius 3 is 2.50 bits per heavy atom. The van der Waals surface area contributed by atoms with Crippen molar-refractivity contribution in [3.05, 3.63) is 71.4 Å². The first-order chi connectivity index (χ1) is 15.5. The number of rotatable bonds is 7. The Morgan fingerprint density at radius 2 is 1.75 bits per heavy atom. The second-order valence-electron chi connectivity index (χ2n) is 7.79. The topological polar surface area (TPSA) is 72.4 Å². The standard InChI is InChI=1S/C25H25N3O3S/c1-3-16(2)18-8-5-7-11-22(18)31-13-12-28-15-17(19-9-4-6-10-21(19)28)14-20-23(29)26-25(32)27-24(20)30/h4-11,14-16H,3,12-13H2,1-2H3,(H2,26,27,29,30,32)/t16-/m0/s1. The number of para-hydroxylation sites is 2. The summed E-state index contributed by atoms with van der Waals surface area (Å²) in [7, 11) is 0. The Balaban J connectivity index is 1.58. The average Bonchev–Trinajstić information content (AvgIpc) is 3.13. The number of ether oxygens (including phenoxy) is 1. The first-order valence-corrected chi connectivity index (χ1v) is 11.1. The number of aromatic nitrogens is 1. The molecule has 0 saturated carbocycles. The molecule has 1 aliphatic heterocycles. The van der Waals surface area contributed by atoms with Crippen molar-refractivity contribution in [2.24, 2.45) is 0 Å². The van der Waals surface area contributed by atoms with E-state index in [-0.39, 0.29) is 10.7 Å². The minimum atomic E-state index is -0.499. The lowest BCUT2D eigenvalue weighted by molar-refractivity contribution is -0.123. The molecule has 2 amide bonds. The number of nitrogens with zero attached hydrogens (tertiary/aromatic N) is 1. The molecule has 1 aromatic heterocycles. The van der Waals surface area contributed by atoms with Crippen molar-refractivity contribution in [1.29, 1.82) is 0 Å². The van der Waals surface area contributed by atoms with Gasteiger partial charge in [0.05, 0.1) is 6.54 Å². The number of hydrogen-bond donors (Lipinski definition) is 2. The predicted molar refractivity (Wildman–Crippen MR) is 129 cm³/mol. The second kappa shape index (κ2) is 9.36. The van der Waals surface area contributed by atoms with Gasteiger partial charge < -0.3 is 9.30 Å². The van der Waals surface area contributed by atoms with Crippen LogP contribution in [0.1, 0.15) is 37.3 Å². The number of carbonyl (C=O) groups excluding carboxylic acids is 2. The molecule has 1 fully saturated rings. The van der Waals surface area contributed by atoms with Crippen LogP contribution >= 0.6 is 12.2 Å². The van der Waals surface area contributed by atoms with Gasteiger partial charge in [0, 0.05) is 22.7 Å². The smallest absolute Gasteiger partial charge is 0.263 e. The highest BCUT2D eigenvalue weighted by Gasteiger charge is 2.26. The quantitative estimate of drug-likeness (QED) is 0.324. The molecular formula is C25H25N3O3S. The lowest BCUT2D eigenvalue weighted by atomic mass is 9.98. The van der Waals surface area contributed by atoms with Crippen molar-refractivity contribution in [2.45, 2.75) is 32.7 Å². The molecular weight excluding hydrogens is 422 g/mol. The SMILES string of the molecule is CC[C@H](C)c1ccccc1OCCn1cc(C=C2C(=O)NC(=S)NC2=O)c2ccccc21. The number of nitrogens with one attached hydrogen (secondary N) is 2. The number of fused-ring (bicyclic) bond motifs is 1. The van der Waals surface area contributed by atoms with Crippen molar-refractivity contribution in [2.75, 3.05) is 6.61 Å². The van der Waals surface area contributed by atoms with Gasteiger partial charge in [0.1, 0.15) is 17.9 Å². The molecule has 7 heteroatoms. The minimum absolute atomic E-state index is 0.0226. The first kappa shape index (κ1) is 21.8. The van der Waals surface area contributed by atoms with Gasteiger partial charge in [-0.05, 0) is 48.3 Å². The van der Waals surface area contributed by atoms with Crippen molar-refractivity contribution in [3.63, 3.8) is 0 Å². The monoisotopic (exact) mass is 447 g/mol. The summed E-state index contributed by atoms with van der Waals surface area (Å²) in [6.07, 6.45) is 4.59. The number of amides is 2. The van der Waals surface area contributed by atoms with E-state index in [1.54, 1.807) is 6.08 Å². The molecule has 164 valence electrons. The zero-order valence-corrected chi connectivity index (χ0v) is 18.9. The summed E-state index contributed by atoms with van der Waals surface area (Å²) in [5.41, 5.74) is 3.03. The van der Waals surface area contributed by atoms with E-state index < -0.39 is 11.8 Å². The fraction of sp³-hybridized carbons (Fsp3) is 0.240. The molecule has 1 saturated heterocycles. The zero-order chi connectivity index (χ0) is 22.7. The van der Waals surface area contributed by atoms with Crippen molar-refractivity contribution >= 4 is 46.1 Å². The maximum atomic E-state index is 12.2. The van der Waals surface area contributed by atoms with Crippen LogP contribution in [0.25, 0.3) is 17.0 Å². The molecule has 0 unspecified atom stereocenters. The van der Waals surface area contributed by atoms with E-state index in [1.165, 1.54) is 5.56 Å². The Bertz CT molecular complexity index is 1210. The van der Waals surface area contributed by atoms with Crippen LogP contribution in [0.2, 0.25) is 0 Å². The normalized spacial score (nSPS) is 14.8. The van der Waals surface area contributed by atoms with Gasteiger partial charge in [0.25, 0.3) is 11.8 Å². The first-order valence-electron chi connectivity index (χ1n) is 10.7. The Hall–Kier alpha value is -3.45. The third-order valence-corrected chi connectivity index (χ3v) is 5.92. The molecule has 3 aromatic rings. The molecule has 0 bridgehead atoms. The van der Waals surface area contributed by atoms with Crippen LogP contribution in [-0.4, -0.2) is 28.1 Å². The minimum Gasteiger partial charge on any atom is -0.491 e. The molecule has 2 heterocycles.